The number of benzene rings is 2. The Morgan fingerprint density at radius 2 is 1.62 bits per heavy atom. The van der Waals surface area contributed by atoms with Crippen LogP contribution in [0.4, 0.5) is 0 Å². The van der Waals surface area contributed by atoms with Crippen LogP contribution in [0.1, 0.15) is 99.5 Å². The minimum atomic E-state index is -0.293. The molecule has 1 aliphatic rings. The van der Waals surface area contributed by atoms with E-state index in [1.54, 1.807) is 0 Å². The molecule has 230 valence electrons. The lowest BCUT2D eigenvalue weighted by molar-refractivity contribution is -0.143. The van der Waals surface area contributed by atoms with Gasteiger partial charge in [0.2, 0.25) is 0 Å². The van der Waals surface area contributed by atoms with Gasteiger partial charge in [0.15, 0.2) is 0 Å². The fraction of sp³-hybridized carbons (Fsp3) is 0.556. The molecule has 3 rings (SSSR count). The molecule has 1 heterocycles. The van der Waals surface area contributed by atoms with Gasteiger partial charge in [-0.2, -0.15) is 0 Å². The number of hydrogen-bond donors (Lipinski definition) is 0. The van der Waals surface area contributed by atoms with Crippen molar-refractivity contribution in [2.75, 3.05) is 39.5 Å². The average molecular weight is 578 g/mol. The fourth-order valence-corrected chi connectivity index (χ4v) is 5.44. The van der Waals surface area contributed by atoms with E-state index >= 15 is 0 Å². The van der Waals surface area contributed by atoms with E-state index in [1.807, 2.05) is 50.2 Å². The predicted molar refractivity (Wildman–Crippen MR) is 170 cm³/mol. The van der Waals surface area contributed by atoms with E-state index in [0.29, 0.717) is 25.2 Å². The Hall–Kier alpha value is -3.12. The molecule has 2 aromatic rings. The van der Waals surface area contributed by atoms with Gasteiger partial charge in [-0.25, -0.2) is 4.79 Å². The summed E-state index contributed by atoms with van der Waals surface area (Å²) in [7, 11) is 0. The van der Waals surface area contributed by atoms with Gasteiger partial charge in [-0.05, 0) is 115 Å². The first-order valence-electron chi connectivity index (χ1n) is 16.1. The minimum Gasteiger partial charge on any atom is -0.493 e. The van der Waals surface area contributed by atoms with Gasteiger partial charge in [0.05, 0.1) is 25.4 Å². The number of rotatable bonds is 19. The van der Waals surface area contributed by atoms with Crippen LogP contribution in [0.2, 0.25) is 0 Å². The lowest BCUT2D eigenvalue weighted by atomic mass is 9.92. The van der Waals surface area contributed by atoms with Crippen molar-refractivity contribution < 1.29 is 23.8 Å². The summed E-state index contributed by atoms with van der Waals surface area (Å²) in [6, 6.07) is 15.9. The Morgan fingerprint density at radius 3 is 2.38 bits per heavy atom. The summed E-state index contributed by atoms with van der Waals surface area (Å²) in [5, 5.41) is 0. The van der Waals surface area contributed by atoms with E-state index in [-0.39, 0.29) is 17.9 Å². The van der Waals surface area contributed by atoms with Gasteiger partial charge in [-0.3, -0.25) is 4.79 Å². The van der Waals surface area contributed by atoms with Gasteiger partial charge in [0, 0.05) is 12.0 Å². The van der Waals surface area contributed by atoms with Crippen molar-refractivity contribution in [2.24, 2.45) is 5.92 Å². The first-order chi connectivity index (χ1) is 20.6. The highest BCUT2D eigenvalue weighted by molar-refractivity contribution is 5.89. The number of para-hydroxylation sites is 1. The zero-order chi connectivity index (χ0) is 29.8. The smallest absolute Gasteiger partial charge is 0.338 e. The van der Waals surface area contributed by atoms with Gasteiger partial charge in [-0.15, -0.1) is 0 Å². The quantitative estimate of drug-likeness (QED) is 0.125. The molecule has 0 amide bonds. The molecular weight excluding hydrogens is 526 g/mol. The van der Waals surface area contributed by atoms with Gasteiger partial charge < -0.3 is 19.1 Å². The lowest BCUT2D eigenvalue weighted by Crippen LogP contribution is -2.30. The third kappa shape index (κ3) is 12.8. The molecule has 6 nitrogen and oxygen atoms in total. The largest absolute Gasteiger partial charge is 0.493 e. The number of esters is 2. The third-order valence-electron chi connectivity index (χ3n) is 7.77. The van der Waals surface area contributed by atoms with E-state index in [4.69, 9.17) is 14.2 Å². The number of unbranched alkanes of at least 4 members (excludes halogenated alkanes) is 3. The van der Waals surface area contributed by atoms with Crippen LogP contribution in [0.25, 0.3) is 6.08 Å². The molecule has 42 heavy (non-hydrogen) atoms. The van der Waals surface area contributed by atoms with E-state index < -0.39 is 0 Å². The second kappa shape index (κ2) is 19.9. The molecule has 1 atom stereocenters. The number of likely N-dealkylation sites (tertiary alicyclic amines) is 1. The summed E-state index contributed by atoms with van der Waals surface area (Å²) >= 11 is 0. The van der Waals surface area contributed by atoms with E-state index in [9.17, 15) is 9.59 Å². The molecule has 1 saturated heterocycles. The molecule has 1 aliphatic heterocycles. The average Bonchev–Trinajstić information content (AvgIpc) is 3.01. The van der Waals surface area contributed by atoms with Crippen LogP contribution in [-0.2, 0) is 20.7 Å². The first-order valence-corrected chi connectivity index (χ1v) is 16.1. The van der Waals surface area contributed by atoms with Crippen molar-refractivity contribution in [3.8, 4) is 5.75 Å². The van der Waals surface area contributed by atoms with Crippen molar-refractivity contribution in [3.63, 3.8) is 0 Å². The van der Waals surface area contributed by atoms with Gasteiger partial charge in [0.1, 0.15) is 5.75 Å². The summed E-state index contributed by atoms with van der Waals surface area (Å²) < 4.78 is 16.4. The Labute approximate surface area is 253 Å². The number of hydrogen-bond acceptors (Lipinski definition) is 6. The van der Waals surface area contributed by atoms with Crippen LogP contribution in [0.3, 0.4) is 0 Å². The highest BCUT2D eigenvalue weighted by atomic mass is 16.5. The molecule has 0 radical (unpaired) electrons. The van der Waals surface area contributed by atoms with Crippen molar-refractivity contribution in [1.82, 2.24) is 4.90 Å². The van der Waals surface area contributed by atoms with Gasteiger partial charge in [-0.1, -0.05) is 55.3 Å². The molecule has 0 aromatic heterocycles. The third-order valence-corrected chi connectivity index (χ3v) is 7.77. The van der Waals surface area contributed by atoms with Crippen molar-refractivity contribution in [1.29, 1.82) is 0 Å². The molecular formula is C36H51NO5. The highest BCUT2D eigenvalue weighted by Gasteiger charge is 2.12. The summed E-state index contributed by atoms with van der Waals surface area (Å²) in [6.45, 7) is 8.91. The van der Waals surface area contributed by atoms with Crippen LogP contribution < -0.4 is 4.74 Å². The Bertz CT molecular complexity index is 1070. The van der Waals surface area contributed by atoms with Crippen molar-refractivity contribution >= 4 is 18.0 Å². The maximum absolute atomic E-state index is 12.1. The summed E-state index contributed by atoms with van der Waals surface area (Å²) in [6.07, 6.45) is 16.0. The summed E-state index contributed by atoms with van der Waals surface area (Å²) in [5.74, 6) is 0.780. The number of allylic oxidation sites excluding steroid dienone is 1. The Morgan fingerprint density at radius 1 is 0.857 bits per heavy atom. The van der Waals surface area contributed by atoms with Crippen LogP contribution >= 0.6 is 0 Å². The molecule has 0 saturated carbocycles. The minimum absolute atomic E-state index is 0.128. The highest BCUT2D eigenvalue weighted by Crippen LogP contribution is 2.24. The van der Waals surface area contributed by atoms with Crippen LogP contribution in [-0.4, -0.2) is 56.3 Å². The number of ether oxygens (including phenoxy) is 3. The second-order valence-electron chi connectivity index (χ2n) is 11.1. The second-order valence-corrected chi connectivity index (χ2v) is 11.1. The Kier molecular flexibility index (Phi) is 15.8. The number of carbonyl (C=O) groups is 2. The summed E-state index contributed by atoms with van der Waals surface area (Å²) in [5.41, 5.74) is 2.82. The molecule has 0 spiro atoms. The monoisotopic (exact) mass is 577 g/mol. The number of nitrogens with zero attached hydrogens (tertiary/aromatic N) is 1. The van der Waals surface area contributed by atoms with Crippen LogP contribution in [0.5, 0.6) is 5.75 Å². The predicted octanol–water partition coefficient (Wildman–Crippen LogP) is 7.89. The molecule has 1 unspecified atom stereocenters. The molecule has 0 aliphatic carbocycles. The number of piperidine rings is 1. The van der Waals surface area contributed by atoms with E-state index in [2.05, 4.69) is 29.2 Å². The van der Waals surface area contributed by atoms with Gasteiger partial charge >= 0.3 is 11.9 Å². The zero-order valence-corrected chi connectivity index (χ0v) is 25.9. The topological polar surface area (TPSA) is 65.1 Å². The molecule has 0 N–H and O–H groups in total. The van der Waals surface area contributed by atoms with Crippen LogP contribution in [0.15, 0.2) is 54.6 Å². The zero-order valence-electron chi connectivity index (χ0n) is 25.9. The van der Waals surface area contributed by atoms with E-state index in [1.165, 1.54) is 51.7 Å². The van der Waals surface area contributed by atoms with Crippen molar-refractivity contribution in [3.05, 3.63) is 71.3 Å². The van der Waals surface area contributed by atoms with E-state index in [0.717, 1.165) is 55.6 Å². The van der Waals surface area contributed by atoms with Crippen molar-refractivity contribution in [2.45, 2.75) is 84.5 Å². The lowest BCUT2D eigenvalue weighted by Gasteiger charge is -2.26. The normalized spacial score (nSPS) is 14.5. The Balaban J connectivity index is 1.55. The van der Waals surface area contributed by atoms with Gasteiger partial charge in [0.25, 0.3) is 0 Å². The maximum Gasteiger partial charge on any atom is 0.338 e. The number of carbonyl (C=O) groups excluding carboxylic acids is 2. The molecule has 2 aromatic carbocycles. The summed E-state index contributed by atoms with van der Waals surface area (Å²) in [4.78, 5) is 26.4. The SMILES string of the molecule is CCOC(=O)CCCCC(C=Cc1ccccc1OCCCCCN1CCCCC1)Cc1ccc(C(=O)OCC)cc1. The fourth-order valence-electron chi connectivity index (χ4n) is 5.44. The first kappa shape index (κ1) is 33.4. The van der Waals surface area contributed by atoms with Crippen LogP contribution in [0, 0.1) is 5.92 Å². The standard InChI is InChI=1S/C36H51NO5/c1-3-40-35(38)18-10-7-15-30(29-31-20-23-33(24-21-31)36(39)41-4-2)19-22-32-16-8-9-17-34(32)42-28-14-6-13-27-37-25-11-5-12-26-37/h8-9,16-17,19-24,30H,3-7,10-15,18,25-29H2,1-2H3. The maximum atomic E-state index is 12.1. The molecule has 1 fully saturated rings. The molecule has 6 heteroatoms. The molecule has 0 bridgehead atoms.